The quantitative estimate of drug-likeness (QED) is 0.728. The molecule has 1 fully saturated rings. The monoisotopic (exact) mass is 222 g/mol. The van der Waals surface area contributed by atoms with Gasteiger partial charge < -0.3 is 5.32 Å². The maximum absolute atomic E-state index is 11.7. The van der Waals surface area contributed by atoms with Crippen LogP contribution in [0.5, 0.6) is 0 Å². The lowest BCUT2D eigenvalue weighted by molar-refractivity contribution is -0.122. The van der Waals surface area contributed by atoms with Crippen molar-refractivity contribution >= 4 is 11.7 Å². The number of aliphatic imine (C=N–C) groups is 1. The average molecular weight is 222 g/mol. The van der Waals surface area contributed by atoms with Gasteiger partial charge in [-0.15, -0.1) is 0 Å². The molecule has 0 radical (unpaired) electrons. The van der Waals surface area contributed by atoms with Crippen LogP contribution in [0.15, 0.2) is 4.99 Å². The molecule has 1 aliphatic heterocycles. The maximum Gasteiger partial charge on any atom is 0.252 e. The highest BCUT2D eigenvalue weighted by Crippen LogP contribution is 2.26. The van der Waals surface area contributed by atoms with E-state index in [0.717, 1.165) is 5.84 Å². The first-order valence-electron chi connectivity index (χ1n) is 6.51. The second kappa shape index (κ2) is 4.56. The summed E-state index contributed by atoms with van der Waals surface area (Å²) in [5, 5.41) is 2.97. The minimum absolute atomic E-state index is 0.0598. The molecule has 1 aliphatic carbocycles. The van der Waals surface area contributed by atoms with Gasteiger partial charge in [0.25, 0.3) is 5.91 Å². The Morgan fingerprint density at radius 3 is 2.19 bits per heavy atom. The van der Waals surface area contributed by atoms with E-state index >= 15 is 0 Å². The smallest absolute Gasteiger partial charge is 0.252 e. The molecule has 0 aromatic rings. The first-order chi connectivity index (χ1) is 7.59. The molecule has 0 saturated heterocycles. The van der Waals surface area contributed by atoms with E-state index in [1.54, 1.807) is 0 Å². The number of carbonyl (C=O) groups is 1. The number of amides is 1. The third-order valence-corrected chi connectivity index (χ3v) is 3.69. The second-order valence-electron chi connectivity index (χ2n) is 5.55. The van der Waals surface area contributed by atoms with E-state index in [-0.39, 0.29) is 5.91 Å². The van der Waals surface area contributed by atoms with Crippen molar-refractivity contribution in [1.82, 2.24) is 5.32 Å². The Labute approximate surface area is 97.7 Å². The predicted octanol–water partition coefficient (Wildman–Crippen LogP) is 2.65. The van der Waals surface area contributed by atoms with Crippen LogP contribution in [0.1, 0.15) is 58.8 Å². The largest absolute Gasteiger partial charge is 0.312 e. The van der Waals surface area contributed by atoms with Crippen molar-refractivity contribution in [3.8, 4) is 0 Å². The van der Waals surface area contributed by atoms with Gasteiger partial charge in [-0.3, -0.25) is 9.79 Å². The zero-order chi connectivity index (χ0) is 11.6. The summed E-state index contributed by atoms with van der Waals surface area (Å²) in [6, 6.07) is 0. The molecule has 3 nitrogen and oxygen atoms in total. The van der Waals surface area contributed by atoms with Crippen LogP contribution in [-0.4, -0.2) is 17.3 Å². The Kier molecular flexibility index (Phi) is 3.31. The van der Waals surface area contributed by atoms with Gasteiger partial charge in [0.15, 0.2) is 0 Å². The zero-order valence-electron chi connectivity index (χ0n) is 10.4. The summed E-state index contributed by atoms with van der Waals surface area (Å²) < 4.78 is 0. The number of hydrogen-bond donors (Lipinski definition) is 1. The van der Waals surface area contributed by atoms with Crippen LogP contribution in [0, 0.1) is 5.92 Å². The van der Waals surface area contributed by atoms with Gasteiger partial charge in [-0.2, -0.15) is 0 Å². The predicted molar refractivity (Wildman–Crippen MR) is 65.5 cm³/mol. The van der Waals surface area contributed by atoms with Crippen LogP contribution in [0.2, 0.25) is 0 Å². The topological polar surface area (TPSA) is 41.5 Å². The SMILES string of the molecule is CC1(C)N=C(C2CCCCCCC2)NC1=O. The fourth-order valence-corrected chi connectivity index (χ4v) is 2.57. The van der Waals surface area contributed by atoms with Crippen molar-refractivity contribution in [1.29, 1.82) is 0 Å². The van der Waals surface area contributed by atoms with E-state index in [2.05, 4.69) is 10.3 Å². The molecule has 2 aliphatic rings. The maximum atomic E-state index is 11.7. The Balaban J connectivity index is 2.03. The van der Waals surface area contributed by atoms with Crippen LogP contribution in [0.4, 0.5) is 0 Å². The Morgan fingerprint density at radius 2 is 1.69 bits per heavy atom. The van der Waals surface area contributed by atoms with Gasteiger partial charge in [-0.05, 0) is 26.7 Å². The van der Waals surface area contributed by atoms with Crippen molar-refractivity contribution in [3.63, 3.8) is 0 Å². The summed E-state index contributed by atoms with van der Waals surface area (Å²) in [4.78, 5) is 16.2. The van der Waals surface area contributed by atoms with Crippen molar-refractivity contribution < 1.29 is 4.79 Å². The highest BCUT2D eigenvalue weighted by Gasteiger charge is 2.36. The molecule has 0 aromatic carbocycles. The van der Waals surface area contributed by atoms with Gasteiger partial charge in [0, 0.05) is 5.92 Å². The molecule has 0 aromatic heterocycles. The van der Waals surface area contributed by atoms with Gasteiger partial charge in [-0.1, -0.05) is 32.1 Å². The van der Waals surface area contributed by atoms with E-state index in [1.807, 2.05) is 13.8 Å². The molecule has 0 unspecified atom stereocenters. The second-order valence-corrected chi connectivity index (χ2v) is 5.55. The Morgan fingerprint density at radius 1 is 1.12 bits per heavy atom. The molecule has 16 heavy (non-hydrogen) atoms. The Bertz CT molecular complexity index is 299. The van der Waals surface area contributed by atoms with E-state index in [0.29, 0.717) is 5.92 Å². The average Bonchev–Trinajstić information content (AvgIpc) is 2.40. The van der Waals surface area contributed by atoms with E-state index in [9.17, 15) is 4.79 Å². The third-order valence-electron chi connectivity index (χ3n) is 3.69. The van der Waals surface area contributed by atoms with Crippen LogP contribution < -0.4 is 5.32 Å². The van der Waals surface area contributed by atoms with E-state index < -0.39 is 5.54 Å². The first kappa shape index (κ1) is 11.6. The Hall–Kier alpha value is -0.860. The molecule has 1 heterocycles. The van der Waals surface area contributed by atoms with Gasteiger partial charge in [0.05, 0.1) is 0 Å². The number of carbonyl (C=O) groups excluding carboxylic acids is 1. The minimum atomic E-state index is -0.544. The van der Waals surface area contributed by atoms with Crippen LogP contribution in [0.25, 0.3) is 0 Å². The summed E-state index contributed by atoms with van der Waals surface area (Å²) in [6.45, 7) is 3.77. The number of hydrogen-bond acceptors (Lipinski definition) is 2. The van der Waals surface area contributed by atoms with Crippen molar-refractivity contribution in [3.05, 3.63) is 0 Å². The van der Waals surface area contributed by atoms with Gasteiger partial charge in [-0.25, -0.2) is 0 Å². The van der Waals surface area contributed by atoms with E-state index in [4.69, 9.17) is 0 Å². The van der Waals surface area contributed by atoms with Crippen molar-refractivity contribution in [2.45, 2.75) is 64.3 Å². The summed E-state index contributed by atoms with van der Waals surface area (Å²) in [6.07, 6.45) is 8.98. The van der Waals surface area contributed by atoms with Crippen molar-refractivity contribution in [2.24, 2.45) is 10.9 Å². The summed E-state index contributed by atoms with van der Waals surface area (Å²) in [5.41, 5.74) is -0.544. The number of rotatable bonds is 1. The molecule has 90 valence electrons. The minimum Gasteiger partial charge on any atom is -0.312 e. The van der Waals surface area contributed by atoms with Crippen molar-refractivity contribution in [2.75, 3.05) is 0 Å². The fraction of sp³-hybridized carbons (Fsp3) is 0.846. The van der Waals surface area contributed by atoms with Gasteiger partial charge >= 0.3 is 0 Å². The number of amidine groups is 1. The molecule has 2 rings (SSSR count). The highest BCUT2D eigenvalue weighted by molar-refractivity contribution is 6.08. The van der Waals surface area contributed by atoms with E-state index in [1.165, 1.54) is 44.9 Å². The summed E-state index contributed by atoms with van der Waals surface area (Å²) in [7, 11) is 0. The number of nitrogens with one attached hydrogen (secondary N) is 1. The normalized spacial score (nSPS) is 26.9. The first-order valence-corrected chi connectivity index (χ1v) is 6.51. The standard InChI is InChI=1S/C13H22N2O/c1-13(2)12(16)14-11(15-13)10-8-6-4-3-5-7-9-10/h10H,3-9H2,1-2H3,(H,14,15,16). The zero-order valence-corrected chi connectivity index (χ0v) is 10.4. The lowest BCUT2D eigenvalue weighted by atomic mass is 9.90. The molecular formula is C13H22N2O. The molecule has 1 saturated carbocycles. The molecule has 1 amide bonds. The molecule has 0 bridgehead atoms. The van der Waals surface area contributed by atoms with Crippen LogP contribution in [0.3, 0.4) is 0 Å². The molecule has 3 heteroatoms. The number of nitrogens with zero attached hydrogens (tertiary/aromatic N) is 1. The summed E-state index contributed by atoms with van der Waals surface area (Å²) in [5.74, 6) is 1.51. The lowest BCUT2D eigenvalue weighted by Crippen LogP contribution is -2.36. The molecule has 0 spiro atoms. The third kappa shape index (κ3) is 2.45. The van der Waals surface area contributed by atoms with Crippen LogP contribution >= 0.6 is 0 Å². The molecule has 0 atom stereocenters. The molecule has 1 N–H and O–H groups in total. The van der Waals surface area contributed by atoms with Crippen LogP contribution in [-0.2, 0) is 4.79 Å². The summed E-state index contributed by atoms with van der Waals surface area (Å²) >= 11 is 0. The fourth-order valence-electron chi connectivity index (χ4n) is 2.57. The van der Waals surface area contributed by atoms with Gasteiger partial charge in [0.1, 0.15) is 11.4 Å². The van der Waals surface area contributed by atoms with Gasteiger partial charge in [0.2, 0.25) is 0 Å². The highest BCUT2D eigenvalue weighted by atomic mass is 16.2. The molecular weight excluding hydrogens is 200 g/mol. The lowest BCUT2D eigenvalue weighted by Gasteiger charge is -2.19.